The van der Waals surface area contributed by atoms with Gasteiger partial charge in [-0.2, -0.15) is 9.40 Å². The molecule has 1 saturated heterocycles. The molecule has 1 aliphatic heterocycles. The van der Waals surface area contributed by atoms with Crippen LogP contribution >= 0.6 is 0 Å². The van der Waals surface area contributed by atoms with Crippen LogP contribution in [-0.2, 0) is 21.2 Å². The Kier molecular flexibility index (Phi) is 5.99. The quantitative estimate of drug-likeness (QED) is 0.574. The van der Waals surface area contributed by atoms with E-state index in [4.69, 9.17) is 0 Å². The van der Waals surface area contributed by atoms with Gasteiger partial charge in [-0.15, -0.1) is 0 Å². The molecule has 1 aromatic heterocycles. The van der Waals surface area contributed by atoms with E-state index >= 15 is 0 Å². The molecule has 0 aliphatic carbocycles. The van der Waals surface area contributed by atoms with Crippen LogP contribution in [0.3, 0.4) is 0 Å². The van der Waals surface area contributed by atoms with Gasteiger partial charge in [0.15, 0.2) is 0 Å². The zero-order valence-corrected chi connectivity index (χ0v) is 17.1. The van der Waals surface area contributed by atoms with Crippen LogP contribution in [0.25, 0.3) is 0 Å². The van der Waals surface area contributed by atoms with Gasteiger partial charge < -0.3 is 4.90 Å². The molecule has 0 unspecified atom stereocenters. The number of aryl methyl sites for hydroxylation is 2. The Balaban J connectivity index is 1.72. The fourth-order valence-corrected chi connectivity index (χ4v) is 5.35. The third-order valence-corrected chi connectivity index (χ3v) is 7.16. The van der Waals surface area contributed by atoms with Crippen LogP contribution in [0.2, 0.25) is 0 Å². The molecule has 11 heteroatoms. The van der Waals surface area contributed by atoms with Crippen LogP contribution in [-0.4, -0.2) is 64.8 Å². The van der Waals surface area contributed by atoms with Crippen molar-refractivity contribution in [3.05, 3.63) is 51.3 Å². The predicted molar refractivity (Wildman–Crippen MR) is 105 cm³/mol. The Labute approximate surface area is 168 Å². The largest absolute Gasteiger partial charge is 0.341 e. The van der Waals surface area contributed by atoms with E-state index in [2.05, 4.69) is 10.2 Å². The first-order chi connectivity index (χ1) is 13.7. The topological polar surface area (TPSA) is 130 Å². The van der Waals surface area contributed by atoms with Crippen molar-refractivity contribution in [2.24, 2.45) is 0 Å². The zero-order valence-electron chi connectivity index (χ0n) is 16.3. The minimum atomic E-state index is -3.72. The fourth-order valence-electron chi connectivity index (χ4n) is 3.55. The number of nitrogens with one attached hydrogen (secondary N) is 1. The van der Waals surface area contributed by atoms with Crippen LogP contribution in [0.5, 0.6) is 0 Å². The average Bonchev–Trinajstić information content (AvgIpc) is 2.87. The molecule has 0 atom stereocenters. The lowest BCUT2D eigenvalue weighted by Crippen LogP contribution is -2.38. The average molecular weight is 421 g/mol. The molecular formula is C18H23N5O5S. The van der Waals surface area contributed by atoms with Gasteiger partial charge in [-0.3, -0.25) is 20.0 Å². The third-order valence-electron chi connectivity index (χ3n) is 5.00. The molecule has 2 aromatic rings. The van der Waals surface area contributed by atoms with Crippen molar-refractivity contribution in [3.8, 4) is 0 Å². The number of H-pyrrole nitrogens is 1. The highest BCUT2D eigenvalue weighted by Crippen LogP contribution is 2.23. The number of amides is 1. The predicted octanol–water partition coefficient (Wildman–Crippen LogP) is 1.40. The maximum Gasteiger partial charge on any atom is 0.273 e. The van der Waals surface area contributed by atoms with Gasteiger partial charge in [0.2, 0.25) is 15.9 Å². The van der Waals surface area contributed by atoms with Crippen LogP contribution in [0.15, 0.2) is 29.2 Å². The number of sulfonamides is 1. The highest BCUT2D eigenvalue weighted by atomic mass is 32.2. The lowest BCUT2D eigenvalue weighted by molar-refractivity contribution is -0.385. The molecule has 0 radical (unpaired) electrons. The first kappa shape index (κ1) is 20.9. The van der Waals surface area contributed by atoms with Crippen molar-refractivity contribution in [1.82, 2.24) is 19.4 Å². The maximum atomic E-state index is 13.0. The molecule has 0 saturated carbocycles. The minimum Gasteiger partial charge on any atom is -0.341 e. The second-order valence-corrected chi connectivity index (χ2v) is 8.84. The van der Waals surface area contributed by atoms with Crippen LogP contribution in [0.4, 0.5) is 5.69 Å². The number of nitro groups is 1. The zero-order chi connectivity index (χ0) is 21.2. The number of nitro benzene ring substituents is 1. The normalized spacial score (nSPS) is 15.9. The van der Waals surface area contributed by atoms with E-state index in [9.17, 15) is 23.3 Å². The van der Waals surface area contributed by atoms with Crippen molar-refractivity contribution in [3.63, 3.8) is 0 Å². The standard InChI is InChI=1S/C18H23N5O5S/c1-13-18(14(2)20-19-13)29(27,28)22-9-5-8-21(10-11-22)17(24)12-15-6-3-4-7-16(15)23(25)26/h3-4,6-7H,5,8-12H2,1-2H3,(H,19,20). The van der Waals surface area contributed by atoms with Gasteiger partial charge in [0.05, 0.1) is 22.7 Å². The lowest BCUT2D eigenvalue weighted by Gasteiger charge is -2.22. The molecule has 2 heterocycles. The highest BCUT2D eigenvalue weighted by Gasteiger charge is 2.32. The van der Waals surface area contributed by atoms with Crippen LogP contribution < -0.4 is 0 Å². The second kappa shape index (κ2) is 8.29. The Morgan fingerprint density at radius 2 is 1.93 bits per heavy atom. The number of benzene rings is 1. The van der Waals surface area contributed by atoms with Crippen molar-refractivity contribution in [2.45, 2.75) is 31.6 Å². The highest BCUT2D eigenvalue weighted by molar-refractivity contribution is 7.89. The summed E-state index contributed by atoms with van der Waals surface area (Å²) in [7, 11) is -3.72. The molecule has 156 valence electrons. The SMILES string of the molecule is Cc1n[nH]c(C)c1S(=O)(=O)N1CCCN(C(=O)Cc2ccccc2[N+](=O)[O-])CC1. The smallest absolute Gasteiger partial charge is 0.273 e. The summed E-state index contributed by atoms with van der Waals surface area (Å²) in [5.41, 5.74) is 1.15. The molecule has 1 aromatic carbocycles. The molecule has 0 spiro atoms. The molecule has 1 amide bonds. The summed E-state index contributed by atoms with van der Waals surface area (Å²) in [6.45, 7) is 4.38. The molecule has 3 rings (SSSR count). The number of para-hydroxylation sites is 1. The molecule has 1 aliphatic rings. The summed E-state index contributed by atoms with van der Waals surface area (Å²) < 4.78 is 27.4. The van der Waals surface area contributed by atoms with E-state index in [1.165, 1.54) is 10.4 Å². The Hall–Kier alpha value is -2.79. The maximum absolute atomic E-state index is 13.0. The first-order valence-electron chi connectivity index (χ1n) is 9.23. The number of hydrogen-bond donors (Lipinski definition) is 1. The Bertz CT molecular complexity index is 1010. The van der Waals surface area contributed by atoms with Gasteiger partial charge in [0, 0.05) is 37.8 Å². The van der Waals surface area contributed by atoms with Crippen LogP contribution in [0, 0.1) is 24.0 Å². The summed E-state index contributed by atoms with van der Waals surface area (Å²) >= 11 is 0. The molecule has 1 N–H and O–H groups in total. The number of aromatic nitrogens is 2. The van der Waals surface area contributed by atoms with Crippen molar-refractivity contribution >= 4 is 21.6 Å². The molecule has 1 fully saturated rings. The van der Waals surface area contributed by atoms with Gasteiger partial charge in [0.1, 0.15) is 4.90 Å². The number of hydrogen-bond acceptors (Lipinski definition) is 6. The third kappa shape index (κ3) is 4.30. The van der Waals surface area contributed by atoms with E-state index in [1.807, 2.05) is 0 Å². The van der Waals surface area contributed by atoms with Gasteiger partial charge in [-0.05, 0) is 20.3 Å². The van der Waals surface area contributed by atoms with E-state index in [-0.39, 0.29) is 36.0 Å². The summed E-state index contributed by atoms with van der Waals surface area (Å²) in [4.78, 5) is 25.1. The Morgan fingerprint density at radius 1 is 1.21 bits per heavy atom. The second-order valence-electron chi connectivity index (χ2n) is 6.96. The number of carbonyl (C=O) groups excluding carboxylic acids is 1. The van der Waals surface area contributed by atoms with E-state index < -0.39 is 14.9 Å². The van der Waals surface area contributed by atoms with Gasteiger partial charge in [-0.25, -0.2) is 8.42 Å². The van der Waals surface area contributed by atoms with Crippen LogP contribution in [0.1, 0.15) is 23.4 Å². The number of carbonyl (C=O) groups is 1. The molecular weight excluding hydrogens is 398 g/mol. The molecule has 29 heavy (non-hydrogen) atoms. The number of rotatable bonds is 5. The van der Waals surface area contributed by atoms with Gasteiger partial charge >= 0.3 is 0 Å². The van der Waals surface area contributed by atoms with Crippen molar-refractivity contribution in [1.29, 1.82) is 0 Å². The summed E-state index contributed by atoms with van der Waals surface area (Å²) in [5, 5.41) is 17.8. The summed E-state index contributed by atoms with van der Waals surface area (Å²) in [5.74, 6) is -0.255. The minimum absolute atomic E-state index is 0.0919. The fraction of sp³-hybridized carbons (Fsp3) is 0.444. The van der Waals surface area contributed by atoms with Gasteiger partial charge in [0.25, 0.3) is 5.69 Å². The lowest BCUT2D eigenvalue weighted by atomic mass is 10.1. The summed E-state index contributed by atoms with van der Waals surface area (Å²) in [6.07, 6.45) is 0.391. The van der Waals surface area contributed by atoms with Gasteiger partial charge in [-0.1, -0.05) is 18.2 Å². The van der Waals surface area contributed by atoms with Crippen molar-refractivity contribution < 1.29 is 18.1 Å². The number of nitrogens with zero attached hydrogens (tertiary/aromatic N) is 4. The number of aromatic amines is 1. The summed E-state index contributed by atoms with van der Waals surface area (Å²) in [6, 6.07) is 6.15. The van der Waals surface area contributed by atoms with E-state index in [0.29, 0.717) is 36.5 Å². The Morgan fingerprint density at radius 3 is 2.59 bits per heavy atom. The van der Waals surface area contributed by atoms with Crippen molar-refractivity contribution in [2.75, 3.05) is 26.2 Å². The van der Waals surface area contributed by atoms with E-state index in [0.717, 1.165) is 0 Å². The molecule has 0 bridgehead atoms. The monoisotopic (exact) mass is 421 g/mol. The molecule has 10 nitrogen and oxygen atoms in total. The van der Waals surface area contributed by atoms with E-state index in [1.54, 1.807) is 36.9 Å². The first-order valence-corrected chi connectivity index (χ1v) is 10.7.